The molecule has 3 N–H and O–H groups in total. The smallest absolute Gasteiger partial charge is 0.305 e. The van der Waals surface area contributed by atoms with E-state index in [1.165, 1.54) is 0 Å². The lowest BCUT2D eigenvalue weighted by atomic mass is 10.1. The molecular weight excluding hydrogens is 268 g/mol. The Morgan fingerprint density at radius 3 is 2.81 bits per heavy atom. The third-order valence-corrected chi connectivity index (χ3v) is 2.75. The Bertz CT molecular complexity index is 594. The van der Waals surface area contributed by atoms with E-state index < -0.39 is 5.97 Å². The van der Waals surface area contributed by atoms with E-state index in [0.717, 1.165) is 16.8 Å². The fourth-order valence-corrected chi connectivity index (χ4v) is 1.76. The van der Waals surface area contributed by atoms with Gasteiger partial charge in [-0.1, -0.05) is 30.4 Å². The molecule has 0 bridgehead atoms. The zero-order chi connectivity index (χ0) is 15.8. The minimum absolute atomic E-state index is 0.0962. The van der Waals surface area contributed by atoms with Crippen LogP contribution in [0.4, 0.5) is 0 Å². The van der Waals surface area contributed by atoms with Gasteiger partial charge in [0.05, 0.1) is 12.0 Å². The molecule has 0 fully saturated rings. The van der Waals surface area contributed by atoms with Crippen LogP contribution in [-0.2, 0) is 4.79 Å². The van der Waals surface area contributed by atoms with Crippen LogP contribution in [-0.4, -0.2) is 28.5 Å². The molecule has 0 spiro atoms. The molecule has 1 aromatic rings. The van der Waals surface area contributed by atoms with Crippen LogP contribution >= 0.6 is 0 Å². The van der Waals surface area contributed by atoms with Crippen LogP contribution in [0.5, 0.6) is 0 Å². The number of aromatic amines is 1. The summed E-state index contributed by atoms with van der Waals surface area (Å²) in [7, 11) is 0. The Kier molecular flexibility index (Phi) is 6.20. The largest absolute Gasteiger partial charge is 0.481 e. The molecule has 1 heterocycles. The van der Waals surface area contributed by atoms with Crippen molar-refractivity contribution in [3.05, 3.63) is 53.9 Å². The summed E-state index contributed by atoms with van der Waals surface area (Å²) in [5.41, 5.74) is 3.04. The first-order chi connectivity index (χ1) is 9.93. The molecule has 0 atom stereocenters. The zero-order valence-electron chi connectivity index (χ0n) is 12.3. The maximum absolute atomic E-state index is 11.8. The first-order valence-corrected chi connectivity index (χ1v) is 6.62. The van der Waals surface area contributed by atoms with E-state index in [1.54, 1.807) is 12.3 Å². The van der Waals surface area contributed by atoms with E-state index in [4.69, 9.17) is 5.11 Å². The zero-order valence-corrected chi connectivity index (χ0v) is 12.3. The van der Waals surface area contributed by atoms with Crippen LogP contribution in [0.15, 0.2) is 42.6 Å². The first-order valence-electron chi connectivity index (χ1n) is 6.62. The number of hydrogen-bond acceptors (Lipinski definition) is 2. The fourth-order valence-electron chi connectivity index (χ4n) is 1.76. The van der Waals surface area contributed by atoms with Crippen LogP contribution in [0.25, 0.3) is 5.57 Å². The van der Waals surface area contributed by atoms with Crippen molar-refractivity contribution in [1.82, 2.24) is 10.3 Å². The number of carboxylic acid groups (broad SMARTS) is 1. The Hall–Kier alpha value is -2.56. The molecule has 0 radical (unpaired) electrons. The lowest BCUT2D eigenvalue weighted by molar-refractivity contribution is -0.136. The van der Waals surface area contributed by atoms with Gasteiger partial charge in [0.15, 0.2) is 0 Å². The number of hydrogen-bond donors (Lipinski definition) is 3. The van der Waals surface area contributed by atoms with Gasteiger partial charge < -0.3 is 15.4 Å². The maximum Gasteiger partial charge on any atom is 0.305 e. The molecule has 1 aromatic heterocycles. The highest BCUT2D eigenvalue weighted by Gasteiger charge is 2.09. The second-order valence-corrected chi connectivity index (χ2v) is 4.62. The number of aliphatic carboxylic acids is 1. The molecule has 1 amide bonds. The lowest BCUT2D eigenvalue weighted by Gasteiger charge is -2.00. The van der Waals surface area contributed by atoms with Gasteiger partial charge in [0.1, 0.15) is 0 Å². The molecule has 21 heavy (non-hydrogen) atoms. The van der Waals surface area contributed by atoms with Gasteiger partial charge in [-0.25, -0.2) is 0 Å². The molecule has 0 aliphatic carbocycles. The van der Waals surface area contributed by atoms with Gasteiger partial charge in [-0.05, 0) is 25.5 Å². The summed E-state index contributed by atoms with van der Waals surface area (Å²) in [6, 6.07) is 1.69. The van der Waals surface area contributed by atoms with E-state index in [1.807, 2.05) is 32.1 Å². The van der Waals surface area contributed by atoms with Crippen molar-refractivity contribution in [1.29, 1.82) is 0 Å². The average molecular weight is 288 g/mol. The second kappa shape index (κ2) is 7.89. The number of carboxylic acids is 1. The van der Waals surface area contributed by atoms with E-state index >= 15 is 0 Å². The summed E-state index contributed by atoms with van der Waals surface area (Å²) < 4.78 is 0. The average Bonchev–Trinajstić information content (AvgIpc) is 2.88. The predicted octanol–water partition coefficient (Wildman–Crippen LogP) is 2.75. The van der Waals surface area contributed by atoms with Crippen molar-refractivity contribution in [3.8, 4) is 0 Å². The highest BCUT2D eigenvalue weighted by Crippen LogP contribution is 2.16. The summed E-state index contributed by atoms with van der Waals surface area (Å²) in [5, 5.41) is 11.1. The number of rotatable bonds is 7. The summed E-state index contributed by atoms with van der Waals surface area (Å²) in [4.78, 5) is 25.2. The first kappa shape index (κ1) is 16.5. The van der Waals surface area contributed by atoms with E-state index in [2.05, 4.69) is 16.9 Å². The number of carbonyl (C=O) groups excluding carboxylic acids is 1. The van der Waals surface area contributed by atoms with Crippen molar-refractivity contribution >= 4 is 17.4 Å². The predicted molar refractivity (Wildman–Crippen MR) is 83.0 cm³/mol. The van der Waals surface area contributed by atoms with Crippen LogP contribution in [0.2, 0.25) is 0 Å². The number of nitrogens with one attached hydrogen (secondary N) is 2. The third kappa shape index (κ3) is 5.52. The quantitative estimate of drug-likeness (QED) is 0.675. The Morgan fingerprint density at radius 2 is 2.19 bits per heavy atom. The molecule has 1 rings (SSSR count). The van der Waals surface area contributed by atoms with Gasteiger partial charge in [0.25, 0.3) is 5.91 Å². The Labute approximate surface area is 124 Å². The Balaban J connectivity index is 2.68. The van der Waals surface area contributed by atoms with Crippen molar-refractivity contribution in [2.75, 3.05) is 6.54 Å². The van der Waals surface area contributed by atoms with Crippen molar-refractivity contribution in [2.24, 2.45) is 0 Å². The molecule has 0 unspecified atom stereocenters. The number of carbonyl (C=O) groups is 2. The highest BCUT2D eigenvalue weighted by molar-refractivity contribution is 5.95. The summed E-state index contributed by atoms with van der Waals surface area (Å²) >= 11 is 0. The minimum Gasteiger partial charge on any atom is -0.481 e. The fraction of sp³-hybridized carbons (Fsp3) is 0.250. The normalized spacial score (nSPS) is 11.6. The van der Waals surface area contributed by atoms with Crippen LogP contribution in [0.3, 0.4) is 0 Å². The number of allylic oxidation sites excluding steroid dienone is 5. The van der Waals surface area contributed by atoms with Crippen LogP contribution in [0, 0.1) is 0 Å². The van der Waals surface area contributed by atoms with Crippen LogP contribution < -0.4 is 5.32 Å². The molecule has 0 saturated heterocycles. The molecule has 5 nitrogen and oxygen atoms in total. The van der Waals surface area contributed by atoms with Crippen molar-refractivity contribution in [3.63, 3.8) is 0 Å². The molecule has 0 saturated carbocycles. The van der Waals surface area contributed by atoms with Gasteiger partial charge in [-0.2, -0.15) is 0 Å². The third-order valence-electron chi connectivity index (χ3n) is 2.75. The van der Waals surface area contributed by atoms with Crippen LogP contribution in [0.1, 0.15) is 36.3 Å². The van der Waals surface area contributed by atoms with Gasteiger partial charge >= 0.3 is 5.97 Å². The SMILES string of the molecule is C=C(/C=C(C)\C=C/C)c1cc(C(=O)NCCC(=O)O)c[nH]1. The Morgan fingerprint density at radius 1 is 1.48 bits per heavy atom. The van der Waals surface area contributed by atoms with Gasteiger partial charge in [0, 0.05) is 18.4 Å². The maximum atomic E-state index is 11.8. The second-order valence-electron chi connectivity index (χ2n) is 4.62. The highest BCUT2D eigenvalue weighted by atomic mass is 16.4. The number of H-pyrrole nitrogens is 1. The molecule has 0 aliphatic heterocycles. The number of aromatic nitrogens is 1. The van der Waals surface area contributed by atoms with E-state index in [0.29, 0.717) is 5.56 Å². The standard InChI is InChI=1S/C16H20N2O3/c1-4-5-11(2)8-12(3)14-9-13(10-18-14)16(21)17-7-6-15(19)20/h4-5,8-10,18H,3,6-7H2,1-2H3,(H,17,21)(H,19,20)/b5-4-,11-8-. The van der Waals surface area contributed by atoms with Gasteiger partial charge in [0.2, 0.25) is 0 Å². The summed E-state index contributed by atoms with van der Waals surface area (Å²) in [6.07, 6.45) is 7.30. The summed E-state index contributed by atoms with van der Waals surface area (Å²) in [6.45, 7) is 7.97. The lowest BCUT2D eigenvalue weighted by Crippen LogP contribution is -2.25. The van der Waals surface area contributed by atoms with Crippen molar-refractivity contribution < 1.29 is 14.7 Å². The molecule has 112 valence electrons. The molecule has 0 aliphatic rings. The molecular formula is C16H20N2O3. The summed E-state index contributed by atoms with van der Waals surface area (Å²) in [5.74, 6) is -1.25. The van der Waals surface area contributed by atoms with Gasteiger partial charge in [-0.15, -0.1) is 0 Å². The topological polar surface area (TPSA) is 82.2 Å². The van der Waals surface area contributed by atoms with E-state index in [9.17, 15) is 9.59 Å². The molecule has 5 heteroatoms. The van der Waals surface area contributed by atoms with Gasteiger partial charge in [-0.3, -0.25) is 9.59 Å². The minimum atomic E-state index is -0.942. The molecule has 0 aromatic carbocycles. The number of amides is 1. The van der Waals surface area contributed by atoms with Crippen molar-refractivity contribution in [2.45, 2.75) is 20.3 Å². The van der Waals surface area contributed by atoms with E-state index in [-0.39, 0.29) is 18.9 Å². The monoisotopic (exact) mass is 288 g/mol.